The molecule has 0 bridgehead atoms. The molecule has 31 heavy (non-hydrogen) atoms. The van der Waals surface area contributed by atoms with Gasteiger partial charge in [0.2, 0.25) is 10.0 Å². The van der Waals surface area contributed by atoms with Gasteiger partial charge >= 0.3 is 0 Å². The minimum atomic E-state index is -3.71. The summed E-state index contributed by atoms with van der Waals surface area (Å²) in [4.78, 5) is 12.2. The highest BCUT2D eigenvalue weighted by molar-refractivity contribution is 7.89. The Bertz CT molecular complexity index is 1130. The number of rotatable bonds is 8. The van der Waals surface area contributed by atoms with E-state index >= 15 is 0 Å². The number of halogens is 2. The Morgan fingerprint density at radius 2 is 1.58 bits per heavy atom. The maximum absolute atomic E-state index is 12.6. The zero-order valence-electron chi connectivity index (χ0n) is 16.5. The van der Waals surface area contributed by atoms with E-state index in [0.717, 1.165) is 5.56 Å². The van der Waals surface area contributed by atoms with Crippen LogP contribution in [0, 0.1) is 0 Å². The van der Waals surface area contributed by atoms with Crippen LogP contribution in [-0.2, 0) is 14.8 Å². The average molecular weight is 479 g/mol. The molecule has 0 aliphatic carbocycles. The number of hydrogen-bond donors (Lipinski definition) is 2. The van der Waals surface area contributed by atoms with E-state index in [4.69, 9.17) is 27.9 Å². The van der Waals surface area contributed by atoms with Crippen LogP contribution in [0.3, 0.4) is 0 Å². The molecule has 1 amide bonds. The predicted octanol–water partition coefficient (Wildman–Crippen LogP) is 5.05. The summed E-state index contributed by atoms with van der Waals surface area (Å²) in [7, 11) is -3.71. The molecular formula is C22H20Cl2N2O4S. The third-order valence-corrected chi connectivity index (χ3v) is 6.27. The van der Waals surface area contributed by atoms with E-state index in [1.807, 2.05) is 30.3 Å². The van der Waals surface area contributed by atoms with Crippen molar-refractivity contribution in [2.24, 2.45) is 0 Å². The molecule has 0 saturated carbocycles. The fourth-order valence-electron chi connectivity index (χ4n) is 2.80. The normalized spacial score (nSPS) is 12.2. The maximum atomic E-state index is 12.6. The minimum absolute atomic E-state index is 0.0978. The molecule has 3 aromatic carbocycles. The molecule has 0 unspecified atom stereocenters. The summed E-state index contributed by atoms with van der Waals surface area (Å²) in [6.07, 6.45) is 0. The minimum Gasteiger partial charge on any atom is -0.484 e. The molecule has 162 valence electrons. The standard InChI is InChI=1S/C22H20Cl2N2O4S/c1-15(16-5-3-2-4-6-16)26-31(28,29)21-9-7-20(8-10-21)30-14-22(27)25-19-12-17(23)11-18(24)13-19/h2-13,15,26H,14H2,1H3,(H,25,27)/t15-/m1/s1. The molecule has 9 heteroatoms. The van der Waals surface area contributed by atoms with Crippen LogP contribution < -0.4 is 14.8 Å². The second-order valence-electron chi connectivity index (χ2n) is 6.72. The Labute approximate surface area is 191 Å². The fraction of sp³-hybridized carbons (Fsp3) is 0.136. The SMILES string of the molecule is C[C@@H](NS(=O)(=O)c1ccc(OCC(=O)Nc2cc(Cl)cc(Cl)c2)cc1)c1ccccc1. The smallest absolute Gasteiger partial charge is 0.262 e. The van der Waals surface area contributed by atoms with Gasteiger partial charge in [0.05, 0.1) is 4.90 Å². The number of hydrogen-bond acceptors (Lipinski definition) is 4. The first kappa shape index (κ1) is 23.1. The van der Waals surface area contributed by atoms with E-state index < -0.39 is 15.9 Å². The Kier molecular flexibility index (Phi) is 7.56. The van der Waals surface area contributed by atoms with Gasteiger partial charge in [-0.15, -0.1) is 0 Å². The highest BCUT2D eigenvalue weighted by Crippen LogP contribution is 2.23. The van der Waals surface area contributed by atoms with E-state index in [1.165, 1.54) is 24.3 Å². The van der Waals surface area contributed by atoms with E-state index in [9.17, 15) is 13.2 Å². The van der Waals surface area contributed by atoms with Crippen LogP contribution in [0.1, 0.15) is 18.5 Å². The second-order valence-corrected chi connectivity index (χ2v) is 9.31. The topological polar surface area (TPSA) is 84.5 Å². The van der Waals surface area contributed by atoms with Gasteiger partial charge in [-0.3, -0.25) is 4.79 Å². The van der Waals surface area contributed by atoms with Gasteiger partial charge in [-0.25, -0.2) is 13.1 Å². The van der Waals surface area contributed by atoms with Gasteiger partial charge in [-0.1, -0.05) is 53.5 Å². The quantitative estimate of drug-likeness (QED) is 0.474. The van der Waals surface area contributed by atoms with Crippen molar-refractivity contribution in [2.75, 3.05) is 11.9 Å². The number of anilines is 1. The van der Waals surface area contributed by atoms with Gasteiger partial charge < -0.3 is 10.1 Å². The number of sulfonamides is 1. The third-order valence-electron chi connectivity index (χ3n) is 4.28. The molecule has 2 N–H and O–H groups in total. The van der Waals surface area contributed by atoms with Crippen molar-refractivity contribution in [1.82, 2.24) is 4.72 Å². The van der Waals surface area contributed by atoms with Gasteiger partial charge in [-0.2, -0.15) is 0 Å². The van der Waals surface area contributed by atoms with Crippen molar-refractivity contribution in [2.45, 2.75) is 17.9 Å². The Morgan fingerprint density at radius 3 is 2.19 bits per heavy atom. The molecule has 0 aromatic heterocycles. The molecule has 6 nitrogen and oxygen atoms in total. The van der Waals surface area contributed by atoms with Crippen molar-refractivity contribution in [3.05, 3.63) is 88.4 Å². The largest absolute Gasteiger partial charge is 0.484 e. The zero-order valence-corrected chi connectivity index (χ0v) is 18.8. The number of nitrogens with one attached hydrogen (secondary N) is 2. The predicted molar refractivity (Wildman–Crippen MR) is 122 cm³/mol. The van der Waals surface area contributed by atoms with Crippen LogP contribution >= 0.6 is 23.2 Å². The fourth-order valence-corrected chi connectivity index (χ4v) is 4.56. The van der Waals surface area contributed by atoms with Crippen LogP contribution in [0.4, 0.5) is 5.69 Å². The lowest BCUT2D eigenvalue weighted by Crippen LogP contribution is -2.26. The van der Waals surface area contributed by atoms with Crippen molar-refractivity contribution in [3.8, 4) is 5.75 Å². The lowest BCUT2D eigenvalue weighted by molar-refractivity contribution is -0.118. The van der Waals surface area contributed by atoms with Crippen molar-refractivity contribution >= 4 is 44.8 Å². The molecule has 3 aromatic rings. The summed E-state index contributed by atoms with van der Waals surface area (Å²) in [6.45, 7) is 1.51. The molecule has 3 rings (SSSR count). The maximum Gasteiger partial charge on any atom is 0.262 e. The lowest BCUT2D eigenvalue weighted by Gasteiger charge is -2.15. The summed E-state index contributed by atoms with van der Waals surface area (Å²) in [6, 6.07) is 19.4. The van der Waals surface area contributed by atoms with Crippen LogP contribution in [0.2, 0.25) is 10.0 Å². The summed E-state index contributed by atoms with van der Waals surface area (Å²) in [5, 5.41) is 3.43. The number of ether oxygens (including phenoxy) is 1. The van der Waals surface area contributed by atoms with Crippen molar-refractivity contribution in [3.63, 3.8) is 0 Å². The average Bonchev–Trinajstić information content (AvgIpc) is 2.72. The Morgan fingerprint density at radius 1 is 0.968 bits per heavy atom. The number of benzene rings is 3. The lowest BCUT2D eigenvalue weighted by atomic mass is 10.1. The van der Waals surface area contributed by atoms with Crippen molar-refractivity contribution < 1.29 is 17.9 Å². The second kappa shape index (κ2) is 10.2. The number of amides is 1. The van der Waals surface area contributed by atoms with Gasteiger partial charge in [0.15, 0.2) is 6.61 Å². The Hall–Kier alpha value is -2.58. The van der Waals surface area contributed by atoms with Crippen LogP contribution in [-0.4, -0.2) is 20.9 Å². The summed E-state index contributed by atoms with van der Waals surface area (Å²) >= 11 is 11.8. The Balaban J connectivity index is 1.57. The summed E-state index contributed by atoms with van der Waals surface area (Å²) in [5.74, 6) is -0.0530. The molecular weight excluding hydrogens is 459 g/mol. The van der Waals surface area contributed by atoms with Gasteiger partial charge in [0.1, 0.15) is 5.75 Å². The van der Waals surface area contributed by atoms with Gasteiger partial charge in [0.25, 0.3) is 5.91 Å². The van der Waals surface area contributed by atoms with E-state index in [1.54, 1.807) is 25.1 Å². The van der Waals surface area contributed by atoms with Crippen LogP contribution in [0.15, 0.2) is 77.7 Å². The molecule has 0 fully saturated rings. The third kappa shape index (κ3) is 6.70. The van der Waals surface area contributed by atoms with Gasteiger partial charge in [0, 0.05) is 21.8 Å². The molecule has 1 atom stereocenters. The van der Waals surface area contributed by atoms with Crippen LogP contribution in [0.5, 0.6) is 5.75 Å². The summed E-state index contributed by atoms with van der Waals surface area (Å²) in [5.41, 5.74) is 1.31. The van der Waals surface area contributed by atoms with Crippen molar-refractivity contribution in [1.29, 1.82) is 0 Å². The first-order valence-electron chi connectivity index (χ1n) is 9.29. The number of carbonyl (C=O) groups excluding carboxylic acids is 1. The van der Waals surface area contributed by atoms with E-state index in [2.05, 4.69) is 10.0 Å². The first-order valence-corrected chi connectivity index (χ1v) is 11.5. The molecule has 0 aliphatic heterocycles. The summed E-state index contributed by atoms with van der Waals surface area (Å²) < 4.78 is 33.3. The monoisotopic (exact) mass is 478 g/mol. The first-order chi connectivity index (χ1) is 14.7. The highest BCUT2D eigenvalue weighted by atomic mass is 35.5. The van der Waals surface area contributed by atoms with Crippen LogP contribution in [0.25, 0.3) is 0 Å². The molecule has 0 heterocycles. The molecule has 0 spiro atoms. The molecule has 0 saturated heterocycles. The highest BCUT2D eigenvalue weighted by Gasteiger charge is 2.18. The molecule has 0 aliphatic rings. The van der Waals surface area contributed by atoms with E-state index in [0.29, 0.717) is 21.5 Å². The molecule has 0 radical (unpaired) electrons. The zero-order chi connectivity index (χ0) is 22.4. The van der Waals surface area contributed by atoms with E-state index in [-0.39, 0.29) is 17.5 Å². The number of carbonyl (C=O) groups is 1. The van der Waals surface area contributed by atoms with Gasteiger partial charge in [-0.05, 0) is 55.0 Å².